The summed E-state index contributed by atoms with van der Waals surface area (Å²) in [6.45, 7) is 3.95. The lowest BCUT2D eigenvalue weighted by Crippen LogP contribution is -2.14. The fourth-order valence-electron chi connectivity index (χ4n) is 2.28. The monoisotopic (exact) mass is 374 g/mol. The third kappa shape index (κ3) is 5.70. The van der Waals surface area contributed by atoms with Crippen LogP contribution in [0.1, 0.15) is 30.6 Å². The first-order valence-electron chi connectivity index (χ1n) is 8.16. The summed E-state index contributed by atoms with van der Waals surface area (Å²) in [5.74, 6) is -0.118. The average molecular weight is 374 g/mol. The van der Waals surface area contributed by atoms with Crippen molar-refractivity contribution in [1.29, 1.82) is 0 Å². The van der Waals surface area contributed by atoms with Gasteiger partial charge in [-0.3, -0.25) is 9.59 Å². The highest BCUT2D eigenvalue weighted by Crippen LogP contribution is 2.16. The zero-order valence-corrected chi connectivity index (χ0v) is 15.8. The van der Waals surface area contributed by atoms with Crippen LogP contribution in [-0.4, -0.2) is 26.5 Å². The SMILES string of the molecule is CC(C)CC(=O)Nc1ccc(NC(=O)c2ccc(S(C)(=O)=O)cc2)cc1. The van der Waals surface area contributed by atoms with E-state index in [1.54, 1.807) is 24.3 Å². The second-order valence-corrected chi connectivity index (χ2v) is 8.49. The van der Waals surface area contributed by atoms with E-state index in [-0.39, 0.29) is 22.6 Å². The average Bonchev–Trinajstić information content (AvgIpc) is 2.55. The van der Waals surface area contributed by atoms with Crippen molar-refractivity contribution in [3.63, 3.8) is 0 Å². The van der Waals surface area contributed by atoms with Crippen LogP contribution in [0.5, 0.6) is 0 Å². The highest BCUT2D eigenvalue weighted by molar-refractivity contribution is 7.90. The van der Waals surface area contributed by atoms with E-state index in [2.05, 4.69) is 10.6 Å². The molecule has 0 aromatic heterocycles. The molecule has 0 bridgehead atoms. The largest absolute Gasteiger partial charge is 0.326 e. The maximum atomic E-state index is 12.2. The van der Waals surface area contributed by atoms with Crippen LogP contribution in [0.3, 0.4) is 0 Å². The van der Waals surface area contributed by atoms with Gasteiger partial charge in [-0.15, -0.1) is 0 Å². The van der Waals surface area contributed by atoms with Gasteiger partial charge in [0.2, 0.25) is 5.91 Å². The molecule has 0 saturated heterocycles. The van der Waals surface area contributed by atoms with Crippen molar-refractivity contribution in [2.45, 2.75) is 25.2 Å². The number of rotatable bonds is 6. The number of hydrogen-bond acceptors (Lipinski definition) is 4. The first-order valence-corrected chi connectivity index (χ1v) is 10.1. The summed E-state index contributed by atoms with van der Waals surface area (Å²) < 4.78 is 22.9. The lowest BCUT2D eigenvalue weighted by molar-refractivity contribution is -0.116. The molecule has 26 heavy (non-hydrogen) atoms. The van der Waals surface area contributed by atoms with E-state index in [0.29, 0.717) is 23.4 Å². The molecule has 138 valence electrons. The van der Waals surface area contributed by atoms with E-state index in [1.165, 1.54) is 24.3 Å². The lowest BCUT2D eigenvalue weighted by Gasteiger charge is -2.09. The molecule has 2 N–H and O–H groups in total. The quantitative estimate of drug-likeness (QED) is 0.811. The van der Waals surface area contributed by atoms with Crippen molar-refractivity contribution >= 4 is 33.0 Å². The summed E-state index contributed by atoms with van der Waals surface area (Å²) in [7, 11) is -3.29. The molecule has 7 heteroatoms. The second kappa shape index (κ2) is 8.14. The van der Waals surface area contributed by atoms with Gasteiger partial charge in [-0.25, -0.2) is 8.42 Å². The lowest BCUT2D eigenvalue weighted by atomic mass is 10.1. The Morgan fingerprint density at radius 1 is 0.885 bits per heavy atom. The molecular formula is C19H22N2O4S. The number of nitrogens with one attached hydrogen (secondary N) is 2. The van der Waals surface area contributed by atoms with Crippen molar-refractivity contribution in [3.05, 3.63) is 54.1 Å². The van der Waals surface area contributed by atoms with Crippen molar-refractivity contribution in [2.75, 3.05) is 16.9 Å². The molecule has 0 unspecified atom stereocenters. The van der Waals surface area contributed by atoms with Gasteiger partial charge in [-0.2, -0.15) is 0 Å². The van der Waals surface area contributed by atoms with Crippen molar-refractivity contribution in [1.82, 2.24) is 0 Å². The van der Waals surface area contributed by atoms with Crippen LogP contribution < -0.4 is 10.6 Å². The minimum Gasteiger partial charge on any atom is -0.326 e. The number of sulfone groups is 1. The Morgan fingerprint density at radius 3 is 1.85 bits per heavy atom. The molecule has 0 aliphatic carbocycles. The van der Waals surface area contributed by atoms with Crippen LogP contribution in [-0.2, 0) is 14.6 Å². The van der Waals surface area contributed by atoms with E-state index < -0.39 is 9.84 Å². The third-order valence-electron chi connectivity index (χ3n) is 3.56. The Kier molecular flexibility index (Phi) is 6.15. The Bertz CT molecular complexity index is 886. The number of amides is 2. The fraction of sp³-hybridized carbons (Fsp3) is 0.263. The Hall–Kier alpha value is -2.67. The molecule has 2 rings (SSSR count). The Morgan fingerprint density at radius 2 is 1.38 bits per heavy atom. The molecular weight excluding hydrogens is 352 g/mol. The minimum atomic E-state index is -3.29. The smallest absolute Gasteiger partial charge is 0.255 e. The van der Waals surface area contributed by atoms with Gasteiger partial charge in [0, 0.05) is 29.6 Å². The number of hydrogen-bond donors (Lipinski definition) is 2. The first kappa shape index (κ1) is 19.7. The van der Waals surface area contributed by atoms with Crippen LogP contribution in [0.25, 0.3) is 0 Å². The van der Waals surface area contributed by atoms with E-state index in [4.69, 9.17) is 0 Å². The number of carbonyl (C=O) groups excluding carboxylic acids is 2. The van der Waals surface area contributed by atoms with Crippen molar-refractivity contribution < 1.29 is 18.0 Å². The first-order chi connectivity index (χ1) is 12.1. The van der Waals surface area contributed by atoms with E-state index in [9.17, 15) is 18.0 Å². The standard InChI is InChI=1S/C19H22N2O4S/c1-13(2)12-18(22)20-15-6-8-16(9-7-15)21-19(23)14-4-10-17(11-5-14)26(3,24)25/h4-11,13H,12H2,1-3H3,(H,20,22)(H,21,23). The topological polar surface area (TPSA) is 92.3 Å². The molecule has 0 atom stereocenters. The van der Waals surface area contributed by atoms with Gasteiger partial charge in [0.05, 0.1) is 4.90 Å². The highest BCUT2D eigenvalue weighted by Gasteiger charge is 2.10. The summed E-state index contributed by atoms with van der Waals surface area (Å²) in [4.78, 5) is 24.1. The molecule has 0 radical (unpaired) electrons. The number of benzene rings is 2. The molecule has 6 nitrogen and oxygen atoms in total. The normalized spacial score (nSPS) is 11.2. The van der Waals surface area contributed by atoms with Crippen molar-refractivity contribution in [2.24, 2.45) is 5.92 Å². The molecule has 2 aromatic rings. The van der Waals surface area contributed by atoms with Crippen LogP contribution in [0.4, 0.5) is 11.4 Å². The minimum absolute atomic E-state index is 0.0530. The van der Waals surface area contributed by atoms with Gasteiger partial charge in [0.1, 0.15) is 0 Å². The predicted molar refractivity (Wildman–Crippen MR) is 102 cm³/mol. The van der Waals surface area contributed by atoms with E-state index in [0.717, 1.165) is 6.26 Å². The van der Waals surface area contributed by atoms with Gasteiger partial charge in [-0.05, 0) is 54.4 Å². The molecule has 0 saturated carbocycles. The summed E-state index contributed by atoms with van der Waals surface area (Å²) in [6.07, 6.45) is 1.56. The van der Waals surface area contributed by atoms with Gasteiger partial charge in [0.25, 0.3) is 5.91 Å². The van der Waals surface area contributed by atoms with Crippen LogP contribution in [0, 0.1) is 5.92 Å². The fourth-order valence-corrected chi connectivity index (χ4v) is 2.91. The van der Waals surface area contributed by atoms with Gasteiger partial charge in [-0.1, -0.05) is 13.8 Å². The second-order valence-electron chi connectivity index (χ2n) is 6.47. The van der Waals surface area contributed by atoms with E-state index >= 15 is 0 Å². The molecule has 0 aliphatic rings. The predicted octanol–water partition coefficient (Wildman–Crippen LogP) is 3.33. The summed E-state index contributed by atoms with van der Waals surface area (Å²) in [5, 5.41) is 5.53. The number of carbonyl (C=O) groups is 2. The number of anilines is 2. The van der Waals surface area contributed by atoms with Crippen LogP contribution in [0.2, 0.25) is 0 Å². The molecule has 0 fully saturated rings. The molecule has 2 amide bonds. The molecule has 0 aliphatic heterocycles. The third-order valence-corrected chi connectivity index (χ3v) is 4.69. The zero-order chi connectivity index (χ0) is 19.3. The summed E-state index contributed by atoms with van der Waals surface area (Å²) in [6, 6.07) is 12.5. The Labute approximate surface area is 153 Å². The highest BCUT2D eigenvalue weighted by atomic mass is 32.2. The Balaban J connectivity index is 2.00. The molecule has 2 aromatic carbocycles. The van der Waals surface area contributed by atoms with Crippen LogP contribution >= 0.6 is 0 Å². The molecule has 0 spiro atoms. The van der Waals surface area contributed by atoms with Crippen molar-refractivity contribution in [3.8, 4) is 0 Å². The zero-order valence-electron chi connectivity index (χ0n) is 14.9. The summed E-state index contributed by atoms with van der Waals surface area (Å²) >= 11 is 0. The van der Waals surface area contributed by atoms with Crippen LogP contribution in [0.15, 0.2) is 53.4 Å². The maximum absolute atomic E-state index is 12.2. The maximum Gasteiger partial charge on any atom is 0.255 e. The van der Waals surface area contributed by atoms with Gasteiger partial charge in [0.15, 0.2) is 9.84 Å². The van der Waals surface area contributed by atoms with E-state index in [1.807, 2.05) is 13.8 Å². The van der Waals surface area contributed by atoms with Gasteiger partial charge < -0.3 is 10.6 Å². The molecule has 0 heterocycles. The van der Waals surface area contributed by atoms with Gasteiger partial charge >= 0.3 is 0 Å². The summed E-state index contributed by atoms with van der Waals surface area (Å²) in [5.41, 5.74) is 1.59.